The topological polar surface area (TPSA) is 65.7 Å². The summed E-state index contributed by atoms with van der Waals surface area (Å²) in [6.45, 7) is 10.5. The van der Waals surface area contributed by atoms with Crippen LogP contribution in [0.2, 0.25) is 0 Å². The molecule has 2 atom stereocenters. The van der Waals surface area contributed by atoms with E-state index in [1.165, 1.54) is 0 Å². The van der Waals surface area contributed by atoms with Gasteiger partial charge in [0.25, 0.3) is 0 Å². The molecule has 1 aromatic rings. The Bertz CT molecular complexity index is 474. The van der Waals surface area contributed by atoms with Crippen molar-refractivity contribution in [3.8, 4) is 0 Å². The Balaban J connectivity index is 2.79. The first kappa shape index (κ1) is 18.6. The highest BCUT2D eigenvalue weighted by atomic mass is 16.3. The largest absolute Gasteiger partial charge is 0.464 e. The molecule has 0 aliphatic rings. The molecule has 5 heteroatoms. The number of rotatable bonds is 6. The fourth-order valence-corrected chi connectivity index (χ4v) is 2.17. The SMILES string of the molecule is CCc1ccc(C(NC(=O)N(C)CCC(C)O)C(C)(C)C)o1. The van der Waals surface area contributed by atoms with Gasteiger partial charge in [-0.15, -0.1) is 0 Å². The average molecular weight is 310 g/mol. The number of carbonyl (C=O) groups excluding carboxylic acids is 1. The number of furan rings is 1. The smallest absolute Gasteiger partial charge is 0.317 e. The number of hydrogen-bond acceptors (Lipinski definition) is 3. The third kappa shape index (κ3) is 5.37. The molecule has 1 aromatic heterocycles. The summed E-state index contributed by atoms with van der Waals surface area (Å²) in [6, 6.07) is 3.53. The lowest BCUT2D eigenvalue weighted by atomic mass is 9.85. The minimum Gasteiger partial charge on any atom is -0.464 e. The first-order valence-corrected chi connectivity index (χ1v) is 7.93. The van der Waals surface area contributed by atoms with Crippen molar-refractivity contribution in [1.29, 1.82) is 0 Å². The summed E-state index contributed by atoms with van der Waals surface area (Å²) in [5.74, 6) is 1.70. The normalized spacial score (nSPS) is 14.5. The molecule has 0 saturated heterocycles. The van der Waals surface area contributed by atoms with Crippen LogP contribution in [-0.4, -0.2) is 35.7 Å². The van der Waals surface area contributed by atoms with E-state index >= 15 is 0 Å². The van der Waals surface area contributed by atoms with Crippen LogP contribution in [0.1, 0.15) is 58.6 Å². The fraction of sp³-hybridized carbons (Fsp3) is 0.706. The molecule has 0 fully saturated rings. The van der Waals surface area contributed by atoms with Gasteiger partial charge in [-0.05, 0) is 30.9 Å². The van der Waals surface area contributed by atoms with Crippen LogP contribution in [0.15, 0.2) is 16.5 Å². The Morgan fingerprint density at radius 1 is 1.41 bits per heavy atom. The molecule has 5 nitrogen and oxygen atoms in total. The van der Waals surface area contributed by atoms with Crippen LogP contribution < -0.4 is 5.32 Å². The summed E-state index contributed by atoms with van der Waals surface area (Å²) < 4.78 is 5.83. The maximum absolute atomic E-state index is 12.4. The molecule has 0 aromatic carbocycles. The van der Waals surface area contributed by atoms with Gasteiger partial charge in [-0.2, -0.15) is 0 Å². The number of nitrogens with one attached hydrogen (secondary N) is 1. The zero-order chi connectivity index (χ0) is 16.9. The minimum absolute atomic E-state index is 0.157. The molecule has 0 saturated carbocycles. The van der Waals surface area contributed by atoms with Gasteiger partial charge >= 0.3 is 6.03 Å². The second kappa shape index (κ2) is 7.68. The van der Waals surface area contributed by atoms with Crippen LogP contribution in [0.3, 0.4) is 0 Å². The summed E-state index contributed by atoms with van der Waals surface area (Å²) in [5.41, 5.74) is -0.163. The van der Waals surface area contributed by atoms with E-state index in [-0.39, 0.29) is 17.5 Å². The van der Waals surface area contributed by atoms with E-state index in [0.717, 1.165) is 17.9 Å². The quantitative estimate of drug-likeness (QED) is 0.847. The molecule has 126 valence electrons. The third-order valence-electron chi connectivity index (χ3n) is 3.68. The maximum atomic E-state index is 12.4. The third-order valence-corrected chi connectivity index (χ3v) is 3.68. The van der Waals surface area contributed by atoms with Gasteiger partial charge in [0.1, 0.15) is 11.5 Å². The lowest BCUT2D eigenvalue weighted by Gasteiger charge is -2.31. The number of nitrogens with zero attached hydrogens (tertiary/aromatic N) is 1. The lowest BCUT2D eigenvalue weighted by Crippen LogP contribution is -2.44. The monoisotopic (exact) mass is 310 g/mol. The van der Waals surface area contributed by atoms with Crippen molar-refractivity contribution in [3.05, 3.63) is 23.7 Å². The molecule has 0 spiro atoms. The molecular formula is C17H30N2O3. The lowest BCUT2D eigenvalue weighted by molar-refractivity contribution is 0.155. The molecule has 1 heterocycles. The molecule has 0 aliphatic heterocycles. The second-order valence-electron chi connectivity index (χ2n) is 6.97. The molecule has 22 heavy (non-hydrogen) atoms. The van der Waals surface area contributed by atoms with E-state index in [1.54, 1.807) is 18.9 Å². The highest BCUT2D eigenvalue weighted by Crippen LogP contribution is 2.34. The van der Waals surface area contributed by atoms with Gasteiger partial charge in [0.15, 0.2) is 0 Å². The van der Waals surface area contributed by atoms with E-state index in [0.29, 0.717) is 13.0 Å². The van der Waals surface area contributed by atoms with Crippen LogP contribution in [0.5, 0.6) is 0 Å². The Morgan fingerprint density at radius 3 is 2.50 bits per heavy atom. The van der Waals surface area contributed by atoms with E-state index in [2.05, 4.69) is 26.1 Å². The zero-order valence-electron chi connectivity index (χ0n) is 14.6. The van der Waals surface area contributed by atoms with Crippen LogP contribution in [0.25, 0.3) is 0 Å². The van der Waals surface area contributed by atoms with Gasteiger partial charge in [0.05, 0.1) is 12.1 Å². The predicted molar refractivity (Wildman–Crippen MR) is 87.7 cm³/mol. The van der Waals surface area contributed by atoms with Gasteiger partial charge in [0.2, 0.25) is 0 Å². The van der Waals surface area contributed by atoms with Crippen molar-refractivity contribution in [2.45, 2.75) is 59.6 Å². The van der Waals surface area contributed by atoms with Crippen molar-refractivity contribution in [1.82, 2.24) is 10.2 Å². The van der Waals surface area contributed by atoms with E-state index in [4.69, 9.17) is 4.42 Å². The Morgan fingerprint density at radius 2 is 2.05 bits per heavy atom. The summed E-state index contributed by atoms with van der Waals surface area (Å²) in [6.07, 6.45) is 0.982. The van der Waals surface area contributed by atoms with E-state index < -0.39 is 6.10 Å². The molecule has 0 aliphatic carbocycles. The van der Waals surface area contributed by atoms with Gasteiger partial charge in [0, 0.05) is 20.0 Å². The van der Waals surface area contributed by atoms with E-state index in [1.807, 2.05) is 19.1 Å². The van der Waals surface area contributed by atoms with Gasteiger partial charge in [-0.25, -0.2) is 4.79 Å². The number of aliphatic hydroxyl groups is 1. The summed E-state index contributed by atoms with van der Waals surface area (Å²) in [4.78, 5) is 13.9. The van der Waals surface area contributed by atoms with Crippen molar-refractivity contribution >= 4 is 6.03 Å². The summed E-state index contributed by atoms with van der Waals surface area (Å²) in [5, 5.41) is 12.4. The molecule has 2 N–H and O–H groups in total. The highest BCUT2D eigenvalue weighted by molar-refractivity contribution is 5.74. The molecule has 0 radical (unpaired) electrons. The maximum Gasteiger partial charge on any atom is 0.317 e. The molecule has 1 rings (SSSR count). The molecule has 2 amide bonds. The van der Waals surface area contributed by atoms with E-state index in [9.17, 15) is 9.90 Å². The zero-order valence-corrected chi connectivity index (χ0v) is 14.6. The van der Waals surface area contributed by atoms with Crippen molar-refractivity contribution in [2.24, 2.45) is 5.41 Å². The predicted octanol–water partition coefficient (Wildman–Crippen LogP) is 3.34. The minimum atomic E-state index is -0.411. The highest BCUT2D eigenvalue weighted by Gasteiger charge is 2.31. The molecular weight excluding hydrogens is 280 g/mol. The molecule has 0 bridgehead atoms. The number of aliphatic hydroxyl groups excluding tert-OH is 1. The van der Waals surface area contributed by atoms with Crippen LogP contribution in [0.4, 0.5) is 4.79 Å². The Labute approximate surface area is 133 Å². The Kier molecular flexibility index (Phi) is 6.48. The first-order valence-electron chi connectivity index (χ1n) is 7.93. The number of hydrogen-bond donors (Lipinski definition) is 2. The van der Waals surface area contributed by atoms with Crippen molar-refractivity contribution in [3.63, 3.8) is 0 Å². The van der Waals surface area contributed by atoms with Crippen molar-refractivity contribution < 1.29 is 14.3 Å². The Hall–Kier alpha value is -1.49. The van der Waals surface area contributed by atoms with Crippen molar-refractivity contribution in [2.75, 3.05) is 13.6 Å². The van der Waals surface area contributed by atoms with Gasteiger partial charge in [-0.1, -0.05) is 27.7 Å². The average Bonchev–Trinajstić information content (AvgIpc) is 2.88. The standard InChI is InChI=1S/C17H30N2O3/c1-7-13-8-9-14(22-13)15(17(3,4)5)18-16(21)19(6)11-10-12(2)20/h8-9,12,15,20H,7,10-11H2,1-6H3,(H,18,21). The molecule has 2 unspecified atom stereocenters. The number of amides is 2. The fourth-order valence-electron chi connectivity index (χ4n) is 2.17. The van der Waals surface area contributed by atoms with Crippen LogP contribution >= 0.6 is 0 Å². The van der Waals surface area contributed by atoms with Crippen LogP contribution in [-0.2, 0) is 6.42 Å². The summed E-state index contributed by atoms with van der Waals surface area (Å²) in [7, 11) is 1.73. The van der Waals surface area contributed by atoms with Gasteiger partial charge < -0.3 is 19.7 Å². The number of carbonyl (C=O) groups is 1. The summed E-state index contributed by atoms with van der Waals surface area (Å²) >= 11 is 0. The van der Waals surface area contributed by atoms with Gasteiger partial charge in [-0.3, -0.25) is 0 Å². The number of urea groups is 1. The van der Waals surface area contributed by atoms with Crippen LogP contribution in [0, 0.1) is 5.41 Å². The first-order chi connectivity index (χ1) is 10.1. The second-order valence-corrected chi connectivity index (χ2v) is 6.97. The number of aryl methyl sites for hydroxylation is 1.